The molecule has 6 nitrogen and oxygen atoms in total. The Hall–Kier alpha value is -4.58. The molecule has 0 bridgehead atoms. The summed E-state index contributed by atoms with van der Waals surface area (Å²) in [6.45, 7) is 0. The number of hydrogen-bond donors (Lipinski definition) is 0. The lowest BCUT2D eigenvalue weighted by atomic mass is 9.96. The van der Waals surface area contributed by atoms with E-state index in [2.05, 4.69) is 4.74 Å². The molecule has 0 fully saturated rings. The van der Waals surface area contributed by atoms with Gasteiger partial charge in [0.2, 0.25) is 0 Å². The van der Waals surface area contributed by atoms with Crippen molar-refractivity contribution in [1.82, 2.24) is 0 Å². The van der Waals surface area contributed by atoms with E-state index >= 15 is 0 Å². The zero-order chi connectivity index (χ0) is 22.5. The predicted octanol–water partition coefficient (Wildman–Crippen LogP) is 3.83. The molecule has 2 heterocycles. The highest BCUT2D eigenvalue weighted by Gasteiger charge is 2.34. The summed E-state index contributed by atoms with van der Waals surface area (Å²) < 4.78 is 9.10. The van der Waals surface area contributed by atoms with E-state index in [1.807, 2.05) is 42.5 Å². The highest BCUT2D eigenvalue weighted by Crippen LogP contribution is 2.33. The van der Waals surface area contributed by atoms with Crippen molar-refractivity contribution in [1.29, 1.82) is 0 Å². The second-order valence-corrected chi connectivity index (χ2v) is 6.79. The zero-order valence-electron chi connectivity index (χ0n) is 16.7. The third kappa shape index (κ3) is 4.29. The Labute approximate surface area is 183 Å². The summed E-state index contributed by atoms with van der Waals surface area (Å²) in [5.41, 5.74) is 3.08. The molecule has 3 aromatic carbocycles. The van der Waals surface area contributed by atoms with E-state index in [1.54, 1.807) is 48.5 Å². The molecular weight excluding hydrogens is 408 g/mol. The summed E-state index contributed by atoms with van der Waals surface area (Å²) in [6, 6.07) is 27.1. The maximum absolute atomic E-state index is 11.9. The van der Waals surface area contributed by atoms with E-state index in [4.69, 9.17) is 4.74 Å². The summed E-state index contributed by atoms with van der Waals surface area (Å²) in [4.78, 5) is 45.5. The van der Waals surface area contributed by atoms with Crippen molar-refractivity contribution in [2.24, 2.45) is 0 Å². The molecule has 0 aliphatic carbocycles. The van der Waals surface area contributed by atoms with Crippen LogP contribution in [-0.4, -0.2) is 23.9 Å². The van der Waals surface area contributed by atoms with E-state index in [0.717, 1.165) is 0 Å². The first-order chi connectivity index (χ1) is 15.5. The molecule has 0 saturated heterocycles. The van der Waals surface area contributed by atoms with Crippen LogP contribution in [0.1, 0.15) is 16.7 Å². The SMILES string of the molecule is O=C1C=C(c2ccccc2)C(=O)O1.O=C1OC(=O)C(c2ccccc2)=C1c1ccccc1. The molecule has 0 amide bonds. The molecule has 0 atom stereocenters. The van der Waals surface area contributed by atoms with Gasteiger partial charge in [-0.2, -0.15) is 0 Å². The van der Waals surface area contributed by atoms with E-state index in [1.165, 1.54) is 6.08 Å². The van der Waals surface area contributed by atoms with Crippen molar-refractivity contribution in [3.05, 3.63) is 114 Å². The van der Waals surface area contributed by atoms with Gasteiger partial charge in [0, 0.05) is 6.08 Å². The largest absolute Gasteiger partial charge is 0.386 e. The number of ether oxygens (including phenoxy) is 2. The van der Waals surface area contributed by atoms with Crippen LogP contribution < -0.4 is 0 Å². The topological polar surface area (TPSA) is 86.7 Å². The molecule has 6 heteroatoms. The first-order valence-electron chi connectivity index (χ1n) is 9.69. The normalized spacial score (nSPS) is 15.1. The number of carbonyl (C=O) groups is 4. The summed E-state index contributed by atoms with van der Waals surface area (Å²) in [6.07, 6.45) is 1.21. The van der Waals surface area contributed by atoms with Crippen LogP contribution >= 0.6 is 0 Å². The highest BCUT2D eigenvalue weighted by molar-refractivity contribution is 6.44. The van der Waals surface area contributed by atoms with Crippen LogP contribution in [0, 0.1) is 0 Å². The molecule has 3 aromatic rings. The molecule has 2 aliphatic rings. The van der Waals surface area contributed by atoms with Crippen LogP contribution in [0.2, 0.25) is 0 Å². The molecule has 0 saturated carbocycles. The van der Waals surface area contributed by atoms with Gasteiger partial charge in [0.25, 0.3) is 0 Å². The number of carbonyl (C=O) groups excluding carboxylic acids is 4. The van der Waals surface area contributed by atoms with Gasteiger partial charge >= 0.3 is 23.9 Å². The monoisotopic (exact) mass is 424 g/mol. The number of cyclic esters (lactones) is 4. The van der Waals surface area contributed by atoms with E-state index in [0.29, 0.717) is 33.4 Å². The van der Waals surface area contributed by atoms with Crippen LogP contribution in [0.4, 0.5) is 0 Å². The van der Waals surface area contributed by atoms with Gasteiger partial charge in [0.1, 0.15) is 0 Å². The highest BCUT2D eigenvalue weighted by atomic mass is 16.6. The fourth-order valence-electron chi connectivity index (χ4n) is 3.30. The van der Waals surface area contributed by atoms with Gasteiger partial charge in [-0.25, -0.2) is 19.2 Å². The van der Waals surface area contributed by atoms with Gasteiger partial charge in [-0.15, -0.1) is 0 Å². The van der Waals surface area contributed by atoms with Crippen molar-refractivity contribution >= 4 is 40.6 Å². The van der Waals surface area contributed by atoms with Crippen molar-refractivity contribution in [2.45, 2.75) is 0 Å². The minimum Gasteiger partial charge on any atom is -0.386 e. The maximum Gasteiger partial charge on any atom is 0.347 e. The van der Waals surface area contributed by atoms with Crippen molar-refractivity contribution in [3.63, 3.8) is 0 Å². The van der Waals surface area contributed by atoms with Gasteiger partial charge in [-0.1, -0.05) is 91.0 Å². The van der Waals surface area contributed by atoms with Crippen LogP contribution in [0.25, 0.3) is 16.7 Å². The summed E-state index contributed by atoms with van der Waals surface area (Å²) >= 11 is 0. The third-order valence-electron chi connectivity index (χ3n) is 4.73. The second-order valence-electron chi connectivity index (χ2n) is 6.79. The fraction of sp³-hybridized carbons (Fsp3) is 0. The standard InChI is InChI=1S/C16H10O3.C10H6O3/c17-15-13(11-7-3-1-4-8-11)14(16(18)19-15)12-9-5-2-6-10-12;11-9-6-8(10(12)13-9)7-4-2-1-3-5-7/h1-10H;1-6H. The molecule has 0 radical (unpaired) electrons. The van der Waals surface area contributed by atoms with Crippen LogP contribution in [0.15, 0.2) is 97.1 Å². The van der Waals surface area contributed by atoms with Crippen molar-refractivity contribution < 1.29 is 28.7 Å². The van der Waals surface area contributed by atoms with Crippen LogP contribution in [0.5, 0.6) is 0 Å². The molecule has 0 aromatic heterocycles. The molecule has 0 spiro atoms. The van der Waals surface area contributed by atoms with Gasteiger partial charge in [0.15, 0.2) is 0 Å². The molecule has 5 rings (SSSR count). The lowest BCUT2D eigenvalue weighted by molar-refractivity contribution is -0.151. The molecule has 32 heavy (non-hydrogen) atoms. The summed E-state index contributed by atoms with van der Waals surface area (Å²) in [5, 5.41) is 0. The van der Waals surface area contributed by atoms with Crippen molar-refractivity contribution in [3.8, 4) is 0 Å². The Morgan fingerprint density at radius 1 is 0.438 bits per heavy atom. The number of benzene rings is 3. The number of esters is 4. The molecule has 156 valence electrons. The van der Waals surface area contributed by atoms with Gasteiger partial charge in [-0.3, -0.25) is 0 Å². The first-order valence-corrected chi connectivity index (χ1v) is 9.69. The zero-order valence-corrected chi connectivity index (χ0v) is 16.7. The smallest absolute Gasteiger partial charge is 0.347 e. The molecule has 0 unspecified atom stereocenters. The average molecular weight is 424 g/mol. The lowest BCUT2D eigenvalue weighted by Crippen LogP contribution is -2.01. The van der Waals surface area contributed by atoms with Gasteiger partial charge < -0.3 is 9.47 Å². The van der Waals surface area contributed by atoms with Gasteiger partial charge in [0.05, 0.1) is 16.7 Å². The fourth-order valence-corrected chi connectivity index (χ4v) is 3.30. The predicted molar refractivity (Wildman–Crippen MR) is 116 cm³/mol. The Kier molecular flexibility index (Phi) is 5.85. The second kappa shape index (κ2) is 9.06. The Bertz CT molecular complexity index is 1200. The Morgan fingerprint density at radius 3 is 1.22 bits per heavy atom. The Morgan fingerprint density at radius 2 is 0.844 bits per heavy atom. The molecule has 0 N–H and O–H groups in total. The molecular formula is C26H16O6. The Balaban J connectivity index is 0.000000165. The summed E-state index contributed by atoms with van der Waals surface area (Å²) in [5.74, 6) is -2.34. The van der Waals surface area contributed by atoms with E-state index in [9.17, 15) is 19.2 Å². The van der Waals surface area contributed by atoms with Crippen LogP contribution in [-0.2, 0) is 28.7 Å². The van der Waals surface area contributed by atoms with Crippen molar-refractivity contribution in [2.75, 3.05) is 0 Å². The average Bonchev–Trinajstić information content (AvgIpc) is 3.32. The summed E-state index contributed by atoms with van der Waals surface area (Å²) in [7, 11) is 0. The minimum atomic E-state index is -0.594. The first kappa shape index (κ1) is 20.7. The van der Waals surface area contributed by atoms with E-state index in [-0.39, 0.29) is 0 Å². The number of hydrogen-bond acceptors (Lipinski definition) is 6. The maximum atomic E-state index is 11.9. The quantitative estimate of drug-likeness (QED) is 0.469. The van der Waals surface area contributed by atoms with E-state index < -0.39 is 23.9 Å². The number of rotatable bonds is 3. The van der Waals surface area contributed by atoms with Crippen LogP contribution in [0.3, 0.4) is 0 Å². The molecule has 2 aliphatic heterocycles. The minimum absolute atomic E-state index is 0.325. The van der Waals surface area contributed by atoms with Gasteiger partial charge in [-0.05, 0) is 16.7 Å². The lowest BCUT2D eigenvalue weighted by Gasteiger charge is -2.02. The third-order valence-corrected chi connectivity index (χ3v) is 4.73.